The van der Waals surface area contributed by atoms with Gasteiger partial charge >= 0.3 is 5.97 Å². The second-order valence-electron chi connectivity index (χ2n) is 4.44. The molecule has 0 spiro atoms. The molecule has 0 radical (unpaired) electrons. The van der Waals surface area contributed by atoms with Crippen molar-refractivity contribution in [1.82, 2.24) is 5.32 Å². The number of hydrogen-bond acceptors (Lipinski definition) is 6. The molecule has 1 fully saturated rings. The highest BCUT2D eigenvalue weighted by Gasteiger charge is 2.27. The van der Waals surface area contributed by atoms with E-state index in [1.54, 1.807) is 6.92 Å². The molecule has 2 atom stereocenters. The van der Waals surface area contributed by atoms with Gasteiger partial charge in [-0.25, -0.2) is 8.42 Å². The largest absolute Gasteiger partial charge is 0.459 e. The van der Waals surface area contributed by atoms with Crippen LogP contribution in [0.1, 0.15) is 20.3 Å². The van der Waals surface area contributed by atoms with E-state index in [1.165, 1.54) is 0 Å². The van der Waals surface area contributed by atoms with E-state index in [0.717, 1.165) is 0 Å². The molecule has 6 nitrogen and oxygen atoms in total. The van der Waals surface area contributed by atoms with Gasteiger partial charge in [0.15, 0.2) is 9.84 Å². The lowest BCUT2D eigenvalue weighted by Crippen LogP contribution is -2.36. The topological polar surface area (TPSA) is 81.7 Å². The summed E-state index contributed by atoms with van der Waals surface area (Å²) in [5, 5.41) is 2.90. The Morgan fingerprint density at radius 3 is 2.78 bits per heavy atom. The first-order valence-corrected chi connectivity index (χ1v) is 7.96. The van der Waals surface area contributed by atoms with E-state index in [1.807, 2.05) is 6.92 Å². The maximum absolute atomic E-state index is 11.4. The van der Waals surface area contributed by atoms with Crippen molar-refractivity contribution in [1.29, 1.82) is 0 Å². The quantitative estimate of drug-likeness (QED) is 0.646. The fourth-order valence-electron chi connectivity index (χ4n) is 1.77. The molecule has 0 aromatic heterocycles. The Balaban J connectivity index is 2.17. The predicted octanol–water partition coefficient (Wildman–Crippen LogP) is -0.269. The van der Waals surface area contributed by atoms with Gasteiger partial charge in [-0.1, -0.05) is 0 Å². The number of sulfone groups is 1. The van der Waals surface area contributed by atoms with Gasteiger partial charge in [0.25, 0.3) is 0 Å². The fraction of sp³-hybridized carbons (Fsp3) is 0.909. The van der Waals surface area contributed by atoms with E-state index in [0.29, 0.717) is 19.6 Å². The summed E-state index contributed by atoms with van der Waals surface area (Å²) in [6, 6.07) is -0.134. The van der Waals surface area contributed by atoms with Gasteiger partial charge < -0.3 is 14.8 Å². The second-order valence-corrected chi connectivity index (χ2v) is 6.67. The van der Waals surface area contributed by atoms with Crippen molar-refractivity contribution in [2.24, 2.45) is 0 Å². The monoisotopic (exact) mass is 279 g/mol. The minimum Gasteiger partial charge on any atom is -0.459 e. The second kappa shape index (κ2) is 7.06. The summed E-state index contributed by atoms with van der Waals surface area (Å²) in [6.45, 7) is 4.63. The standard InChI is InChI=1S/C11H21NO5S/c1-3-16-7-9(2)17-11(13)6-12-10-4-5-18(14,15)8-10/h9-10,12H,3-8H2,1-2H3. The summed E-state index contributed by atoms with van der Waals surface area (Å²) < 4.78 is 32.6. The maximum atomic E-state index is 11.4. The number of ether oxygens (including phenoxy) is 2. The molecule has 1 N–H and O–H groups in total. The number of rotatable bonds is 7. The number of nitrogens with one attached hydrogen (secondary N) is 1. The SMILES string of the molecule is CCOCC(C)OC(=O)CNC1CCS(=O)(=O)C1. The minimum atomic E-state index is -2.91. The first-order chi connectivity index (χ1) is 8.43. The summed E-state index contributed by atoms with van der Waals surface area (Å²) in [6.07, 6.45) is 0.274. The van der Waals surface area contributed by atoms with Crippen LogP contribution in [0.15, 0.2) is 0 Å². The third-order valence-corrected chi connectivity index (χ3v) is 4.42. The van der Waals surface area contributed by atoms with Crippen LogP contribution in [-0.4, -0.2) is 57.8 Å². The van der Waals surface area contributed by atoms with E-state index in [4.69, 9.17) is 9.47 Å². The van der Waals surface area contributed by atoms with Crippen molar-refractivity contribution in [3.8, 4) is 0 Å². The molecule has 0 aromatic carbocycles. The predicted molar refractivity (Wildman–Crippen MR) is 67.1 cm³/mol. The van der Waals surface area contributed by atoms with E-state index in [9.17, 15) is 13.2 Å². The first kappa shape index (κ1) is 15.4. The Bertz CT molecular complexity index is 368. The maximum Gasteiger partial charge on any atom is 0.320 e. The van der Waals surface area contributed by atoms with Crippen molar-refractivity contribution in [3.63, 3.8) is 0 Å². The van der Waals surface area contributed by atoms with Crippen LogP contribution in [0, 0.1) is 0 Å². The fourth-order valence-corrected chi connectivity index (χ4v) is 3.48. The highest BCUT2D eigenvalue weighted by molar-refractivity contribution is 7.91. The van der Waals surface area contributed by atoms with Gasteiger partial charge in [0, 0.05) is 12.6 Å². The van der Waals surface area contributed by atoms with Crippen LogP contribution in [0.3, 0.4) is 0 Å². The Morgan fingerprint density at radius 1 is 1.50 bits per heavy atom. The average molecular weight is 279 g/mol. The van der Waals surface area contributed by atoms with Gasteiger partial charge in [-0.05, 0) is 20.3 Å². The third-order valence-electron chi connectivity index (χ3n) is 2.66. The van der Waals surface area contributed by atoms with Crippen LogP contribution in [0.4, 0.5) is 0 Å². The van der Waals surface area contributed by atoms with Gasteiger partial charge in [0.05, 0.1) is 24.7 Å². The van der Waals surface area contributed by atoms with Crippen LogP contribution in [0.5, 0.6) is 0 Å². The van der Waals surface area contributed by atoms with Crippen molar-refractivity contribution >= 4 is 15.8 Å². The van der Waals surface area contributed by atoms with E-state index in [2.05, 4.69) is 5.32 Å². The lowest BCUT2D eigenvalue weighted by Gasteiger charge is -2.14. The van der Waals surface area contributed by atoms with Crippen molar-refractivity contribution in [2.75, 3.05) is 31.3 Å². The molecule has 2 unspecified atom stereocenters. The van der Waals surface area contributed by atoms with Crippen LogP contribution >= 0.6 is 0 Å². The van der Waals surface area contributed by atoms with E-state index >= 15 is 0 Å². The zero-order chi connectivity index (χ0) is 13.6. The molecule has 1 heterocycles. The molecule has 1 saturated heterocycles. The number of carbonyl (C=O) groups excluding carboxylic acids is 1. The summed E-state index contributed by atoms with van der Waals surface area (Å²) in [4.78, 5) is 11.4. The lowest BCUT2D eigenvalue weighted by atomic mass is 10.3. The Hall–Kier alpha value is -0.660. The molecule has 18 heavy (non-hydrogen) atoms. The van der Waals surface area contributed by atoms with E-state index < -0.39 is 9.84 Å². The molecule has 0 aliphatic carbocycles. The Labute approximate surface area is 108 Å². The zero-order valence-corrected chi connectivity index (χ0v) is 11.7. The van der Waals surface area contributed by atoms with Crippen LogP contribution in [0.25, 0.3) is 0 Å². The average Bonchev–Trinajstić information content (AvgIpc) is 2.63. The van der Waals surface area contributed by atoms with Gasteiger partial charge in [0.1, 0.15) is 6.10 Å². The smallest absolute Gasteiger partial charge is 0.320 e. The number of esters is 1. The van der Waals surface area contributed by atoms with Gasteiger partial charge in [0.2, 0.25) is 0 Å². The molecule has 0 amide bonds. The van der Waals surface area contributed by atoms with Gasteiger partial charge in [-0.15, -0.1) is 0 Å². The molecule has 7 heteroatoms. The number of carbonyl (C=O) groups is 1. The molecule has 0 bridgehead atoms. The Kier molecular flexibility index (Phi) is 6.04. The molecular formula is C11H21NO5S. The molecule has 106 valence electrons. The normalized spacial score (nSPS) is 23.8. The van der Waals surface area contributed by atoms with Crippen LogP contribution < -0.4 is 5.32 Å². The van der Waals surface area contributed by atoms with Crippen LogP contribution in [0.2, 0.25) is 0 Å². The Morgan fingerprint density at radius 2 is 2.22 bits per heavy atom. The molecule has 1 rings (SSSR count). The number of hydrogen-bond donors (Lipinski definition) is 1. The van der Waals surface area contributed by atoms with Crippen LogP contribution in [-0.2, 0) is 24.1 Å². The van der Waals surface area contributed by atoms with Gasteiger partial charge in [-0.2, -0.15) is 0 Å². The molecular weight excluding hydrogens is 258 g/mol. The third kappa shape index (κ3) is 5.79. The van der Waals surface area contributed by atoms with Crippen molar-refractivity contribution in [3.05, 3.63) is 0 Å². The van der Waals surface area contributed by atoms with Gasteiger partial charge in [-0.3, -0.25) is 4.79 Å². The highest BCUT2D eigenvalue weighted by Crippen LogP contribution is 2.10. The zero-order valence-electron chi connectivity index (χ0n) is 10.8. The lowest BCUT2D eigenvalue weighted by molar-refractivity contribution is -0.149. The van der Waals surface area contributed by atoms with Crippen molar-refractivity contribution in [2.45, 2.75) is 32.4 Å². The highest BCUT2D eigenvalue weighted by atomic mass is 32.2. The molecule has 1 aliphatic heterocycles. The van der Waals surface area contributed by atoms with Crippen molar-refractivity contribution < 1.29 is 22.7 Å². The summed E-state index contributed by atoms with van der Waals surface area (Å²) in [5.41, 5.74) is 0. The van der Waals surface area contributed by atoms with E-state index in [-0.39, 0.29) is 36.2 Å². The first-order valence-electron chi connectivity index (χ1n) is 6.14. The molecule has 0 aromatic rings. The molecule has 1 aliphatic rings. The summed E-state index contributed by atoms with van der Waals surface area (Å²) in [7, 11) is -2.91. The summed E-state index contributed by atoms with van der Waals surface area (Å²) >= 11 is 0. The molecule has 0 saturated carbocycles. The summed E-state index contributed by atoms with van der Waals surface area (Å²) in [5.74, 6) is -0.0820. The minimum absolute atomic E-state index is 0.0383.